The van der Waals surface area contributed by atoms with Crippen molar-refractivity contribution >= 4 is 22.7 Å². The molecule has 3 nitrogen and oxygen atoms in total. The van der Waals surface area contributed by atoms with Crippen molar-refractivity contribution < 1.29 is 9.84 Å². The molecular weight excluding hydrogens is 246 g/mol. The van der Waals surface area contributed by atoms with Gasteiger partial charge in [-0.2, -0.15) is 0 Å². The SMILES string of the molecule is COC([O])=C(C)CSc1ccc2ccccc2n1. The van der Waals surface area contributed by atoms with E-state index in [1.807, 2.05) is 36.4 Å². The number of methoxy groups -OCH3 is 1. The summed E-state index contributed by atoms with van der Waals surface area (Å²) in [6, 6.07) is 12.0. The van der Waals surface area contributed by atoms with E-state index in [-0.39, 0.29) is 5.95 Å². The predicted octanol–water partition coefficient (Wildman–Crippen LogP) is 3.64. The molecule has 1 radical (unpaired) electrons. The molecule has 0 atom stereocenters. The lowest BCUT2D eigenvalue weighted by Crippen LogP contribution is -1.92. The van der Waals surface area contributed by atoms with Gasteiger partial charge in [0.15, 0.2) is 0 Å². The van der Waals surface area contributed by atoms with Crippen LogP contribution in [0.2, 0.25) is 0 Å². The molecule has 1 heterocycles. The summed E-state index contributed by atoms with van der Waals surface area (Å²) in [7, 11) is 1.39. The highest BCUT2D eigenvalue weighted by Gasteiger charge is 2.04. The molecule has 18 heavy (non-hydrogen) atoms. The van der Waals surface area contributed by atoms with Crippen molar-refractivity contribution in [3.63, 3.8) is 0 Å². The molecule has 0 aliphatic rings. The van der Waals surface area contributed by atoms with Crippen LogP contribution in [0.25, 0.3) is 10.9 Å². The third kappa shape index (κ3) is 2.96. The number of nitrogens with zero attached hydrogens (tertiary/aromatic N) is 1. The minimum absolute atomic E-state index is 0.261. The van der Waals surface area contributed by atoms with Crippen LogP contribution in [0.15, 0.2) is 52.9 Å². The minimum atomic E-state index is -0.261. The summed E-state index contributed by atoms with van der Waals surface area (Å²) in [6.45, 7) is 1.78. The zero-order valence-corrected chi connectivity index (χ0v) is 11.2. The summed E-state index contributed by atoms with van der Waals surface area (Å²) in [4.78, 5) is 4.53. The maximum absolute atomic E-state index is 11.3. The van der Waals surface area contributed by atoms with Gasteiger partial charge in [-0.15, -0.1) is 11.8 Å². The van der Waals surface area contributed by atoms with Crippen LogP contribution in [0, 0.1) is 0 Å². The third-order valence-electron chi connectivity index (χ3n) is 2.54. The highest BCUT2D eigenvalue weighted by Crippen LogP contribution is 2.22. The maximum Gasteiger partial charge on any atom is 0.330 e. The smallest absolute Gasteiger partial charge is 0.330 e. The van der Waals surface area contributed by atoms with Crippen LogP contribution in [-0.2, 0) is 9.84 Å². The van der Waals surface area contributed by atoms with Crippen LogP contribution in [-0.4, -0.2) is 17.8 Å². The molecule has 0 aliphatic carbocycles. The molecule has 2 rings (SSSR count). The van der Waals surface area contributed by atoms with Gasteiger partial charge in [0.1, 0.15) is 0 Å². The molecule has 0 saturated heterocycles. The van der Waals surface area contributed by atoms with Crippen molar-refractivity contribution in [1.29, 1.82) is 0 Å². The van der Waals surface area contributed by atoms with Crippen LogP contribution in [0.1, 0.15) is 6.92 Å². The second-order valence-corrected chi connectivity index (χ2v) is 4.90. The Hall–Kier alpha value is -1.68. The topological polar surface area (TPSA) is 42.0 Å². The molecule has 0 bridgehead atoms. The number of pyridine rings is 1. The monoisotopic (exact) mass is 260 g/mol. The number of benzene rings is 1. The molecule has 1 aromatic heterocycles. The summed E-state index contributed by atoms with van der Waals surface area (Å²) in [5.74, 6) is 0.334. The second-order valence-electron chi connectivity index (χ2n) is 3.90. The van der Waals surface area contributed by atoms with Crippen molar-refractivity contribution in [2.75, 3.05) is 12.9 Å². The number of fused-ring (bicyclic) bond motifs is 1. The number of thioether (sulfide) groups is 1. The summed E-state index contributed by atoms with van der Waals surface area (Å²) < 4.78 is 4.66. The average molecular weight is 260 g/mol. The average Bonchev–Trinajstić information content (AvgIpc) is 2.43. The second kappa shape index (κ2) is 5.78. The van der Waals surface area contributed by atoms with E-state index in [4.69, 9.17) is 0 Å². The standard InChI is InChI=1S/C14H14NO2S/c1-10(14(16)17-2)9-18-13-8-7-11-5-3-4-6-12(11)15-13/h3-8H,9H2,1-2H3. The number of hydrogen-bond acceptors (Lipinski definition) is 3. The Morgan fingerprint density at radius 1 is 1.28 bits per heavy atom. The maximum atomic E-state index is 11.3. The van der Waals surface area contributed by atoms with E-state index in [0.29, 0.717) is 11.3 Å². The van der Waals surface area contributed by atoms with Crippen LogP contribution >= 0.6 is 11.8 Å². The summed E-state index contributed by atoms with van der Waals surface area (Å²) in [6.07, 6.45) is 0. The van der Waals surface area contributed by atoms with Gasteiger partial charge in [-0.05, 0) is 19.1 Å². The van der Waals surface area contributed by atoms with Gasteiger partial charge in [-0.1, -0.05) is 24.3 Å². The lowest BCUT2D eigenvalue weighted by molar-refractivity contribution is 0.0821. The van der Waals surface area contributed by atoms with Crippen LogP contribution in [0.5, 0.6) is 0 Å². The van der Waals surface area contributed by atoms with Crippen molar-refractivity contribution in [1.82, 2.24) is 4.98 Å². The van der Waals surface area contributed by atoms with E-state index in [2.05, 4.69) is 9.72 Å². The van der Waals surface area contributed by atoms with Gasteiger partial charge in [0.05, 0.1) is 17.7 Å². The van der Waals surface area contributed by atoms with Crippen LogP contribution in [0.3, 0.4) is 0 Å². The molecule has 0 aliphatic heterocycles. The number of hydrogen-bond donors (Lipinski definition) is 0. The Morgan fingerprint density at radius 2 is 2.06 bits per heavy atom. The van der Waals surface area contributed by atoms with E-state index in [1.165, 1.54) is 18.9 Å². The first-order chi connectivity index (χ1) is 8.70. The first-order valence-corrected chi connectivity index (χ1v) is 6.58. The molecule has 0 spiro atoms. The van der Waals surface area contributed by atoms with Crippen molar-refractivity contribution in [3.8, 4) is 0 Å². The number of ether oxygens (including phenoxy) is 1. The molecule has 0 amide bonds. The van der Waals surface area contributed by atoms with Gasteiger partial charge in [0.2, 0.25) is 0 Å². The lowest BCUT2D eigenvalue weighted by atomic mass is 10.2. The largest absolute Gasteiger partial charge is 0.466 e. The first kappa shape index (κ1) is 12.8. The summed E-state index contributed by atoms with van der Waals surface area (Å²) in [5.41, 5.74) is 1.66. The normalized spacial score (nSPS) is 12.3. The highest BCUT2D eigenvalue weighted by atomic mass is 32.2. The molecule has 0 unspecified atom stereocenters. The van der Waals surface area contributed by atoms with Gasteiger partial charge in [0, 0.05) is 16.7 Å². The van der Waals surface area contributed by atoms with Crippen molar-refractivity contribution in [2.45, 2.75) is 11.9 Å². The van der Waals surface area contributed by atoms with E-state index in [0.717, 1.165) is 15.9 Å². The van der Waals surface area contributed by atoms with Crippen LogP contribution in [0.4, 0.5) is 0 Å². The predicted molar refractivity (Wildman–Crippen MR) is 72.9 cm³/mol. The lowest BCUT2D eigenvalue weighted by Gasteiger charge is -2.04. The molecule has 93 valence electrons. The van der Waals surface area contributed by atoms with Gasteiger partial charge >= 0.3 is 5.95 Å². The van der Waals surface area contributed by atoms with Crippen molar-refractivity contribution in [3.05, 3.63) is 47.9 Å². The van der Waals surface area contributed by atoms with Gasteiger partial charge in [0.25, 0.3) is 0 Å². The van der Waals surface area contributed by atoms with Crippen molar-refractivity contribution in [2.24, 2.45) is 0 Å². The fraction of sp³-hybridized carbons (Fsp3) is 0.214. The Balaban J connectivity index is 2.13. The minimum Gasteiger partial charge on any atom is -0.466 e. The van der Waals surface area contributed by atoms with E-state index in [9.17, 15) is 5.11 Å². The summed E-state index contributed by atoms with van der Waals surface area (Å²) in [5, 5.41) is 13.3. The Morgan fingerprint density at radius 3 is 2.83 bits per heavy atom. The summed E-state index contributed by atoms with van der Waals surface area (Å²) >= 11 is 1.54. The third-order valence-corrected chi connectivity index (χ3v) is 3.64. The molecule has 1 aromatic carbocycles. The molecule has 2 aromatic rings. The highest BCUT2D eigenvalue weighted by molar-refractivity contribution is 7.99. The molecule has 0 N–H and O–H groups in total. The fourth-order valence-electron chi connectivity index (χ4n) is 1.54. The Kier molecular flexibility index (Phi) is 4.10. The molecule has 0 fully saturated rings. The Labute approximate surface area is 110 Å². The van der Waals surface area contributed by atoms with E-state index in [1.54, 1.807) is 6.92 Å². The zero-order chi connectivity index (χ0) is 13.0. The van der Waals surface area contributed by atoms with Gasteiger partial charge in [-0.25, -0.2) is 10.1 Å². The van der Waals surface area contributed by atoms with Crippen LogP contribution < -0.4 is 0 Å². The molecule has 0 saturated carbocycles. The molecular formula is C14H14NO2S. The van der Waals surface area contributed by atoms with E-state index >= 15 is 0 Å². The quantitative estimate of drug-likeness (QED) is 0.622. The first-order valence-electron chi connectivity index (χ1n) is 5.60. The van der Waals surface area contributed by atoms with E-state index < -0.39 is 0 Å². The number of aromatic nitrogens is 1. The molecule has 4 heteroatoms. The Bertz CT molecular complexity index is 581. The number of para-hydroxylation sites is 1. The fourth-order valence-corrected chi connectivity index (χ4v) is 2.35. The number of rotatable bonds is 4. The van der Waals surface area contributed by atoms with Gasteiger partial charge < -0.3 is 4.74 Å². The van der Waals surface area contributed by atoms with Gasteiger partial charge in [-0.3, -0.25) is 0 Å². The zero-order valence-electron chi connectivity index (χ0n) is 10.3.